The molecule has 0 aromatic heterocycles. The molecular formula is C21H29NO6. The van der Waals surface area contributed by atoms with E-state index in [0.717, 1.165) is 19.3 Å². The molecule has 0 aliphatic heterocycles. The fraction of sp³-hybridized carbons (Fsp3) is 0.524. The highest BCUT2D eigenvalue weighted by Gasteiger charge is 2.23. The lowest BCUT2D eigenvalue weighted by molar-refractivity contribution is -0.144. The minimum Gasteiger partial charge on any atom is -0.493 e. The van der Waals surface area contributed by atoms with E-state index in [1.807, 2.05) is 0 Å². The Bertz CT molecular complexity index is 690. The van der Waals surface area contributed by atoms with Crippen LogP contribution in [0.5, 0.6) is 17.2 Å². The van der Waals surface area contributed by atoms with Gasteiger partial charge in [-0.15, -0.1) is 0 Å². The van der Waals surface area contributed by atoms with E-state index >= 15 is 0 Å². The van der Waals surface area contributed by atoms with E-state index in [1.165, 1.54) is 33.8 Å². The fourth-order valence-corrected chi connectivity index (χ4v) is 3.33. The number of methoxy groups -OCH3 is 3. The van der Waals surface area contributed by atoms with Crippen molar-refractivity contribution in [3.8, 4) is 17.2 Å². The van der Waals surface area contributed by atoms with Crippen LogP contribution in [0.3, 0.4) is 0 Å². The molecule has 2 rings (SSSR count). The summed E-state index contributed by atoms with van der Waals surface area (Å²) in [7, 11) is 4.56. The van der Waals surface area contributed by atoms with Crippen molar-refractivity contribution in [1.82, 2.24) is 5.32 Å². The molecule has 1 N–H and O–H groups in total. The van der Waals surface area contributed by atoms with E-state index in [4.69, 9.17) is 18.9 Å². The van der Waals surface area contributed by atoms with Gasteiger partial charge in [-0.25, -0.2) is 4.79 Å². The molecular weight excluding hydrogens is 362 g/mol. The predicted molar refractivity (Wildman–Crippen MR) is 106 cm³/mol. The molecule has 0 unspecified atom stereocenters. The second kappa shape index (κ2) is 10.6. The molecule has 0 heterocycles. The maximum absolute atomic E-state index is 12.0. The number of carbonyl (C=O) groups is 2. The van der Waals surface area contributed by atoms with Gasteiger partial charge in [0.1, 0.15) is 0 Å². The number of hydrogen-bond donors (Lipinski definition) is 1. The maximum Gasteiger partial charge on any atom is 0.331 e. The van der Waals surface area contributed by atoms with Gasteiger partial charge >= 0.3 is 5.97 Å². The molecule has 1 saturated carbocycles. The zero-order chi connectivity index (χ0) is 20.5. The van der Waals surface area contributed by atoms with Crippen molar-refractivity contribution in [3.63, 3.8) is 0 Å². The largest absolute Gasteiger partial charge is 0.493 e. The third-order valence-electron chi connectivity index (χ3n) is 4.90. The van der Waals surface area contributed by atoms with Crippen molar-refractivity contribution < 1.29 is 28.5 Å². The number of carbonyl (C=O) groups excluding carboxylic acids is 2. The molecule has 0 spiro atoms. The van der Waals surface area contributed by atoms with Crippen molar-refractivity contribution in [3.05, 3.63) is 23.8 Å². The number of ether oxygens (including phenoxy) is 4. The minimum absolute atomic E-state index is 0.162. The molecule has 2 atom stereocenters. The van der Waals surface area contributed by atoms with Crippen LogP contribution in [0.4, 0.5) is 0 Å². The van der Waals surface area contributed by atoms with Crippen molar-refractivity contribution in [2.24, 2.45) is 5.92 Å². The molecule has 1 fully saturated rings. The van der Waals surface area contributed by atoms with Crippen LogP contribution < -0.4 is 19.5 Å². The zero-order valence-electron chi connectivity index (χ0n) is 16.9. The molecule has 1 aliphatic rings. The van der Waals surface area contributed by atoms with E-state index in [-0.39, 0.29) is 18.6 Å². The number of esters is 1. The second-order valence-electron chi connectivity index (χ2n) is 6.84. The molecule has 0 bridgehead atoms. The van der Waals surface area contributed by atoms with Crippen molar-refractivity contribution in [2.45, 2.75) is 38.6 Å². The molecule has 154 valence electrons. The van der Waals surface area contributed by atoms with Gasteiger partial charge in [-0.05, 0) is 42.5 Å². The van der Waals surface area contributed by atoms with E-state index in [9.17, 15) is 9.59 Å². The lowest BCUT2D eigenvalue weighted by Crippen LogP contribution is -2.42. The van der Waals surface area contributed by atoms with E-state index in [0.29, 0.717) is 28.7 Å². The van der Waals surface area contributed by atoms with Crippen molar-refractivity contribution in [1.29, 1.82) is 0 Å². The molecule has 1 aromatic rings. The van der Waals surface area contributed by atoms with Gasteiger partial charge < -0.3 is 24.3 Å². The molecule has 0 radical (unpaired) electrons. The molecule has 1 amide bonds. The molecule has 7 heteroatoms. The average molecular weight is 391 g/mol. The van der Waals surface area contributed by atoms with Crippen LogP contribution in [0.2, 0.25) is 0 Å². The summed E-state index contributed by atoms with van der Waals surface area (Å²) in [6, 6.07) is 3.58. The number of nitrogens with one attached hydrogen (secondary N) is 1. The van der Waals surface area contributed by atoms with Gasteiger partial charge in [0.15, 0.2) is 18.1 Å². The standard InChI is InChI=1S/C21H29NO6/c1-14-7-5-6-8-16(14)22-19(23)13-28-20(24)10-9-15-11-17(25-2)21(27-4)18(12-15)26-3/h9-12,14,16H,5-8,13H2,1-4H3,(H,22,23)/b10-9+/t14-,16+/m0/s1. The van der Waals surface area contributed by atoms with Gasteiger partial charge in [0, 0.05) is 12.1 Å². The first kappa shape index (κ1) is 21.6. The van der Waals surface area contributed by atoms with Gasteiger partial charge in [-0.2, -0.15) is 0 Å². The fourth-order valence-electron chi connectivity index (χ4n) is 3.33. The number of hydrogen-bond acceptors (Lipinski definition) is 6. The Hall–Kier alpha value is -2.70. The number of benzene rings is 1. The zero-order valence-corrected chi connectivity index (χ0v) is 16.9. The summed E-state index contributed by atoms with van der Waals surface area (Å²) in [5.41, 5.74) is 0.673. The summed E-state index contributed by atoms with van der Waals surface area (Å²) in [6.45, 7) is 1.85. The lowest BCUT2D eigenvalue weighted by atomic mass is 9.86. The van der Waals surface area contributed by atoms with Crippen LogP contribution in [0, 0.1) is 5.92 Å². The summed E-state index contributed by atoms with van der Waals surface area (Å²) >= 11 is 0. The Kier molecular flexibility index (Phi) is 8.17. The van der Waals surface area contributed by atoms with Gasteiger partial charge in [0.05, 0.1) is 21.3 Å². The van der Waals surface area contributed by atoms with Gasteiger partial charge in [0.25, 0.3) is 5.91 Å². The normalized spacial score (nSPS) is 19.1. The Morgan fingerprint density at radius 2 is 1.71 bits per heavy atom. The van der Waals surface area contributed by atoms with Crippen LogP contribution >= 0.6 is 0 Å². The van der Waals surface area contributed by atoms with Crippen LogP contribution in [-0.2, 0) is 14.3 Å². The Labute approximate surface area is 166 Å². The summed E-state index contributed by atoms with van der Waals surface area (Å²) < 4.78 is 20.9. The Morgan fingerprint density at radius 1 is 1.07 bits per heavy atom. The van der Waals surface area contributed by atoms with Crippen molar-refractivity contribution in [2.75, 3.05) is 27.9 Å². The molecule has 7 nitrogen and oxygen atoms in total. The molecule has 0 saturated heterocycles. The smallest absolute Gasteiger partial charge is 0.331 e. The highest BCUT2D eigenvalue weighted by atomic mass is 16.5. The highest BCUT2D eigenvalue weighted by Crippen LogP contribution is 2.38. The van der Waals surface area contributed by atoms with Gasteiger partial charge in [0.2, 0.25) is 5.75 Å². The molecule has 1 aromatic carbocycles. The number of amides is 1. The van der Waals surface area contributed by atoms with Gasteiger partial charge in [-0.3, -0.25) is 4.79 Å². The topological polar surface area (TPSA) is 83.1 Å². The predicted octanol–water partition coefficient (Wildman–Crippen LogP) is 2.96. The Balaban J connectivity index is 1.90. The first-order chi connectivity index (χ1) is 13.5. The Morgan fingerprint density at radius 3 is 2.29 bits per heavy atom. The minimum atomic E-state index is -0.597. The van der Waals surface area contributed by atoms with Crippen LogP contribution in [0.1, 0.15) is 38.2 Å². The third-order valence-corrected chi connectivity index (χ3v) is 4.90. The second-order valence-corrected chi connectivity index (χ2v) is 6.84. The monoisotopic (exact) mass is 391 g/mol. The summed E-state index contributed by atoms with van der Waals surface area (Å²) in [4.78, 5) is 23.9. The molecule has 28 heavy (non-hydrogen) atoms. The van der Waals surface area contributed by atoms with E-state index in [1.54, 1.807) is 18.2 Å². The summed E-state index contributed by atoms with van der Waals surface area (Å²) in [5, 5.41) is 2.95. The van der Waals surface area contributed by atoms with E-state index in [2.05, 4.69) is 12.2 Å². The highest BCUT2D eigenvalue weighted by molar-refractivity contribution is 5.89. The lowest BCUT2D eigenvalue weighted by Gasteiger charge is -2.29. The van der Waals surface area contributed by atoms with Gasteiger partial charge in [-0.1, -0.05) is 19.8 Å². The summed E-state index contributed by atoms with van der Waals surface area (Å²) in [5.74, 6) is 1.02. The van der Waals surface area contributed by atoms with Crippen LogP contribution in [-0.4, -0.2) is 45.9 Å². The average Bonchev–Trinajstić information content (AvgIpc) is 2.71. The van der Waals surface area contributed by atoms with Crippen LogP contribution in [0.25, 0.3) is 6.08 Å². The van der Waals surface area contributed by atoms with Crippen LogP contribution in [0.15, 0.2) is 18.2 Å². The summed E-state index contributed by atoms with van der Waals surface area (Å²) in [6.07, 6.45) is 7.23. The first-order valence-corrected chi connectivity index (χ1v) is 9.42. The number of rotatable bonds is 8. The molecule has 1 aliphatic carbocycles. The van der Waals surface area contributed by atoms with E-state index < -0.39 is 5.97 Å². The quantitative estimate of drug-likeness (QED) is 0.542. The maximum atomic E-state index is 12.0. The van der Waals surface area contributed by atoms with Crippen molar-refractivity contribution >= 4 is 18.0 Å². The first-order valence-electron chi connectivity index (χ1n) is 9.42. The SMILES string of the molecule is COc1cc(/C=C/C(=O)OCC(=O)N[C@@H]2CCCC[C@@H]2C)cc(OC)c1OC. The third kappa shape index (κ3) is 5.90.